The topological polar surface area (TPSA) is 87.3 Å². The first kappa shape index (κ1) is 21.8. The van der Waals surface area contributed by atoms with Crippen LogP contribution in [0.2, 0.25) is 0 Å². The molecule has 0 bridgehead atoms. The SMILES string of the molecule is O=C(CNC(=O)CNC(=O)c1ccc(-c2ccccc2)cc1)NCCc1ccccc1. The molecular weight excluding hydrogens is 390 g/mol. The first-order valence-corrected chi connectivity index (χ1v) is 10.1. The van der Waals surface area contributed by atoms with E-state index >= 15 is 0 Å². The zero-order valence-corrected chi connectivity index (χ0v) is 17.1. The van der Waals surface area contributed by atoms with Gasteiger partial charge in [0.2, 0.25) is 11.8 Å². The summed E-state index contributed by atoms with van der Waals surface area (Å²) in [5.41, 5.74) is 3.67. The van der Waals surface area contributed by atoms with Crippen LogP contribution >= 0.6 is 0 Å². The Bertz CT molecular complexity index is 1000. The van der Waals surface area contributed by atoms with Crippen molar-refractivity contribution >= 4 is 17.7 Å². The van der Waals surface area contributed by atoms with Gasteiger partial charge in [-0.25, -0.2) is 0 Å². The Morgan fingerprint density at radius 2 is 1.13 bits per heavy atom. The van der Waals surface area contributed by atoms with E-state index in [0.29, 0.717) is 12.1 Å². The average molecular weight is 415 g/mol. The van der Waals surface area contributed by atoms with E-state index in [1.807, 2.05) is 72.8 Å². The summed E-state index contributed by atoms with van der Waals surface area (Å²) in [7, 11) is 0. The van der Waals surface area contributed by atoms with Crippen LogP contribution in [-0.2, 0) is 16.0 Å². The van der Waals surface area contributed by atoms with E-state index in [1.54, 1.807) is 12.1 Å². The van der Waals surface area contributed by atoms with Crippen molar-refractivity contribution in [1.29, 1.82) is 0 Å². The van der Waals surface area contributed by atoms with Crippen molar-refractivity contribution in [2.45, 2.75) is 6.42 Å². The Morgan fingerprint density at radius 1 is 0.581 bits per heavy atom. The van der Waals surface area contributed by atoms with Gasteiger partial charge >= 0.3 is 0 Å². The van der Waals surface area contributed by atoms with Crippen molar-refractivity contribution in [3.05, 3.63) is 96.1 Å². The molecule has 0 radical (unpaired) electrons. The molecule has 0 fully saturated rings. The van der Waals surface area contributed by atoms with E-state index < -0.39 is 5.91 Å². The first-order valence-electron chi connectivity index (χ1n) is 10.1. The third-order valence-corrected chi connectivity index (χ3v) is 4.69. The fourth-order valence-electron chi connectivity index (χ4n) is 3.00. The molecule has 0 heterocycles. The molecular formula is C25H25N3O3. The highest BCUT2D eigenvalue weighted by Crippen LogP contribution is 2.19. The summed E-state index contributed by atoms with van der Waals surface area (Å²) in [5, 5.41) is 7.82. The Balaban J connectivity index is 1.35. The second kappa shape index (κ2) is 11.3. The minimum absolute atomic E-state index is 0.130. The minimum Gasteiger partial charge on any atom is -0.354 e. The molecule has 3 amide bonds. The van der Waals surface area contributed by atoms with Crippen molar-refractivity contribution in [3.63, 3.8) is 0 Å². The maximum absolute atomic E-state index is 12.2. The molecule has 158 valence electrons. The largest absolute Gasteiger partial charge is 0.354 e. The third-order valence-electron chi connectivity index (χ3n) is 4.69. The maximum Gasteiger partial charge on any atom is 0.251 e. The van der Waals surface area contributed by atoms with Crippen LogP contribution in [0.5, 0.6) is 0 Å². The van der Waals surface area contributed by atoms with Crippen molar-refractivity contribution in [3.8, 4) is 11.1 Å². The predicted molar refractivity (Wildman–Crippen MR) is 120 cm³/mol. The fraction of sp³-hybridized carbons (Fsp3) is 0.160. The number of amides is 3. The number of carbonyl (C=O) groups is 3. The molecule has 0 unspecified atom stereocenters. The predicted octanol–water partition coefficient (Wildman–Crippen LogP) is 2.56. The van der Waals surface area contributed by atoms with Gasteiger partial charge in [0.05, 0.1) is 13.1 Å². The molecule has 3 aromatic rings. The maximum atomic E-state index is 12.2. The van der Waals surface area contributed by atoms with Crippen molar-refractivity contribution in [2.75, 3.05) is 19.6 Å². The Labute approximate surface area is 181 Å². The highest BCUT2D eigenvalue weighted by Gasteiger charge is 2.09. The summed E-state index contributed by atoms with van der Waals surface area (Å²) < 4.78 is 0. The summed E-state index contributed by atoms with van der Waals surface area (Å²) in [5.74, 6) is -1.04. The molecule has 3 N–H and O–H groups in total. The standard InChI is InChI=1S/C25H25N3O3/c29-23(26-16-15-19-7-3-1-4-8-19)17-27-24(30)18-28-25(31)22-13-11-21(12-14-22)20-9-5-2-6-10-20/h1-14H,15-18H2,(H,26,29)(H,27,30)(H,28,31). The average Bonchev–Trinajstić information content (AvgIpc) is 2.82. The molecule has 0 aromatic heterocycles. The van der Waals surface area contributed by atoms with Crippen LogP contribution in [0, 0.1) is 0 Å². The molecule has 3 rings (SSSR count). The quantitative estimate of drug-likeness (QED) is 0.502. The Kier molecular flexibility index (Phi) is 7.94. The van der Waals surface area contributed by atoms with E-state index in [0.717, 1.165) is 23.1 Å². The molecule has 0 atom stereocenters. The van der Waals surface area contributed by atoms with Gasteiger partial charge in [-0.3, -0.25) is 14.4 Å². The van der Waals surface area contributed by atoms with Gasteiger partial charge in [0.25, 0.3) is 5.91 Å². The highest BCUT2D eigenvalue weighted by molar-refractivity contribution is 5.97. The molecule has 0 aliphatic carbocycles. The molecule has 3 aromatic carbocycles. The minimum atomic E-state index is -0.424. The van der Waals surface area contributed by atoms with E-state index in [1.165, 1.54) is 0 Å². The van der Waals surface area contributed by atoms with E-state index in [2.05, 4.69) is 16.0 Å². The first-order chi connectivity index (χ1) is 15.1. The van der Waals surface area contributed by atoms with Gasteiger partial charge in [-0.05, 0) is 35.2 Å². The number of carbonyl (C=O) groups excluding carboxylic acids is 3. The second-order valence-electron chi connectivity index (χ2n) is 6.99. The number of nitrogens with one attached hydrogen (secondary N) is 3. The van der Waals surface area contributed by atoms with Gasteiger partial charge in [-0.2, -0.15) is 0 Å². The monoisotopic (exact) mass is 415 g/mol. The van der Waals surface area contributed by atoms with E-state index in [-0.39, 0.29) is 24.9 Å². The second-order valence-corrected chi connectivity index (χ2v) is 6.99. The van der Waals surface area contributed by atoms with Crippen LogP contribution in [-0.4, -0.2) is 37.4 Å². The van der Waals surface area contributed by atoms with E-state index in [4.69, 9.17) is 0 Å². The van der Waals surface area contributed by atoms with Crippen LogP contribution in [0.3, 0.4) is 0 Å². The molecule has 0 saturated heterocycles. The molecule has 0 aliphatic rings. The summed E-state index contributed by atoms with van der Waals surface area (Å²) >= 11 is 0. The van der Waals surface area contributed by atoms with Gasteiger partial charge < -0.3 is 16.0 Å². The number of rotatable bonds is 9. The summed E-state index contributed by atoms with van der Waals surface area (Å²) in [6, 6.07) is 26.8. The molecule has 0 saturated carbocycles. The van der Waals surface area contributed by atoms with Gasteiger partial charge in [-0.1, -0.05) is 72.8 Å². The lowest BCUT2D eigenvalue weighted by atomic mass is 10.0. The molecule has 31 heavy (non-hydrogen) atoms. The van der Waals surface area contributed by atoms with Gasteiger partial charge in [0.1, 0.15) is 0 Å². The summed E-state index contributed by atoms with van der Waals surface area (Å²) in [6.45, 7) is 0.167. The summed E-state index contributed by atoms with van der Waals surface area (Å²) in [6.07, 6.45) is 0.722. The van der Waals surface area contributed by atoms with Crippen LogP contribution in [0.25, 0.3) is 11.1 Å². The van der Waals surface area contributed by atoms with Gasteiger partial charge in [0, 0.05) is 12.1 Å². The Hall–Kier alpha value is -3.93. The molecule has 6 nitrogen and oxygen atoms in total. The van der Waals surface area contributed by atoms with Crippen LogP contribution in [0.15, 0.2) is 84.9 Å². The van der Waals surface area contributed by atoms with Crippen LogP contribution in [0.4, 0.5) is 0 Å². The van der Waals surface area contributed by atoms with Crippen molar-refractivity contribution in [2.24, 2.45) is 0 Å². The lowest BCUT2D eigenvalue weighted by Gasteiger charge is -2.09. The van der Waals surface area contributed by atoms with Crippen LogP contribution in [0.1, 0.15) is 15.9 Å². The zero-order valence-electron chi connectivity index (χ0n) is 17.1. The highest BCUT2D eigenvalue weighted by atomic mass is 16.2. The zero-order chi connectivity index (χ0) is 21.9. The number of hydrogen-bond acceptors (Lipinski definition) is 3. The van der Waals surface area contributed by atoms with Gasteiger partial charge in [-0.15, -0.1) is 0 Å². The third kappa shape index (κ3) is 7.12. The van der Waals surface area contributed by atoms with Crippen LogP contribution < -0.4 is 16.0 Å². The lowest BCUT2D eigenvalue weighted by molar-refractivity contribution is -0.125. The fourth-order valence-corrected chi connectivity index (χ4v) is 3.00. The van der Waals surface area contributed by atoms with Crippen molar-refractivity contribution < 1.29 is 14.4 Å². The normalized spacial score (nSPS) is 10.2. The lowest BCUT2D eigenvalue weighted by Crippen LogP contribution is -2.42. The Morgan fingerprint density at radius 3 is 1.81 bits per heavy atom. The smallest absolute Gasteiger partial charge is 0.251 e. The molecule has 0 spiro atoms. The number of benzene rings is 3. The molecule has 0 aliphatic heterocycles. The van der Waals surface area contributed by atoms with Gasteiger partial charge in [0.15, 0.2) is 0 Å². The molecule has 6 heteroatoms. The van der Waals surface area contributed by atoms with E-state index in [9.17, 15) is 14.4 Å². The van der Waals surface area contributed by atoms with Crippen molar-refractivity contribution in [1.82, 2.24) is 16.0 Å². The number of hydrogen-bond donors (Lipinski definition) is 3. The summed E-state index contributed by atoms with van der Waals surface area (Å²) in [4.78, 5) is 36.0.